The summed E-state index contributed by atoms with van der Waals surface area (Å²) in [5.74, 6) is 0.750. The van der Waals surface area contributed by atoms with Crippen LogP contribution in [0.3, 0.4) is 0 Å². The highest BCUT2D eigenvalue weighted by molar-refractivity contribution is 9.10. The second kappa shape index (κ2) is 5.14. The van der Waals surface area contributed by atoms with Gasteiger partial charge in [-0.2, -0.15) is 0 Å². The summed E-state index contributed by atoms with van der Waals surface area (Å²) in [7, 11) is 0. The van der Waals surface area contributed by atoms with E-state index in [0.717, 1.165) is 0 Å². The van der Waals surface area contributed by atoms with Gasteiger partial charge in [0.25, 0.3) is 0 Å². The predicted octanol–water partition coefficient (Wildman–Crippen LogP) is 3.57. The lowest BCUT2D eigenvalue weighted by molar-refractivity contribution is 0.109. The van der Waals surface area contributed by atoms with Gasteiger partial charge in [0.1, 0.15) is 23.9 Å². The van der Waals surface area contributed by atoms with E-state index in [1.807, 2.05) is 0 Å². The third-order valence-electron chi connectivity index (χ3n) is 2.02. The second-order valence-electron chi connectivity index (χ2n) is 3.32. The molecule has 1 aromatic heterocycles. The Balaban J connectivity index is 2.04. The Morgan fingerprint density at radius 1 is 1.35 bits per heavy atom. The van der Waals surface area contributed by atoms with Gasteiger partial charge < -0.3 is 9.15 Å². The lowest BCUT2D eigenvalue weighted by Gasteiger charge is -2.04. The van der Waals surface area contributed by atoms with Gasteiger partial charge in [-0.25, -0.2) is 4.39 Å². The molecule has 3 nitrogen and oxygen atoms in total. The van der Waals surface area contributed by atoms with E-state index in [2.05, 4.69) is 15.9 Å². The van der Waals surface area contributed by atoms with Crippen molar-refractivity contribution >= 4 is 22.2 Å². The maximum Gasteiger partial charge on any atom is 0.185 e. The first-order valence-corrected chi connectivity index (χ1v) is 5.59. The number of halogens is 2. The van der Waals surface area contributed by atoms with Crippen LogP contribution < -0.4 is 4.74 Å². The van der Waals surface area contributed by atoms with E-state index >= 15 is 0 Å². The molecule has 1 aromatic carbocycles. The van der Waals surface area contributed by atoms with E-state index in [4.69, 9.17) is 9.15 Å². The van der Waals surface area contributed by atoms with Crippen molar-refractivity contribution in [3.63, 3.8) is 0 Å². The van der Waals surface area contributed by atoms with Gasteiger partial charge in [0.05, 0.1) is 0 Å². The molecule has 0 amide bonds. The summed E-state index contributed by atoms with van der Waals surface area (Å²) in [6, 6.07) is 7.44. The van der Waals surface area contributed by atoms with Gasteiger partial charge in [0.15, 0.2) is 12.0 Å². The third kappa shape index (κ3) is 3.17. The summed E-state index contributed by atoms with van der Waals surface area (Å²) >= 11 is 3.16. The summed E-state index contributed by atoms with van der Waals surface area (Å²) in [5.41, 5.74) is 0. The molecule has 17 heavy (non-hydrogen) atoms. The molecule has 0 spiro atoms. The van der Waals surface area contributed by atoms with Crippen molar-refractivity contribution in [2.45, 2.75) is 6.61 Å². The number of ether oxygens (including phenoxy) is 1. The average molecular weight is 299 g/mol. The predicted molar refractivity (Wildman–Crippen MR) is 62.5 cm³/mol. The van der Waals surface area contributed by atoms with Crippen molar-refractivity contribution in [3.05, 3.63) is 52.1 Å². The quantitative estimate of drug-likeness (QED) is 0.810. The summed E-state index contributed by atoms with van der Waals surface area (Å²) < 4.78 is 24.1. The Morgan fingerprint density at radius 3 is 2.82 bits per heavy atom. The number of benzene rings is 1. The van der Waals surface area contributed by atoms with Crippen LogP contribution in [0.1, 0.15) is 16.3 Å². The maximum atomic E-state index is 13.0. The fourth-order valence-electron chi connectivity index (χ4n) is 1.30. The summed E-state index contributed by atoms with van der Waals surface area (Å²) in [6.45, 7) is 0.143. The van der Waals surface area contributed by atoms with Crippen LogP contribution in [-0.4, -0.2) is 6.29 Å². The topological polar surface area (TPSA) is 39.4 Å². The normalized spacial score (nSPS) is 10.2. The van der Waals surface area contributed by atoms with Crippen molar-refractivity contribution in [3.8, 4) is 5.75 Å². The lowest BCUT2D eigenvalue weighted by atomic mass is 10.3. The summed E-state index contributed by atoms with van der Waals surface area (Å²) in [6.07, 6.45) is 0.613. The van der Waals surface area contributed by atoms with E-state index < -0.39 is 0 Å². The highest BCUT2D eigenvalue weighted by Gasteiger charge is 2.04. The number of carbonyl (C=O) groups is 1. The van der Waals surface area contributed by atoms with Crippen LogP contribution in [0.2, 0.25) is 0 Å². The van der Waals surface area contributed by atoms with E-state index in [1.54, 1.807) is 18.2 Å². The number of carbonyl (C=O) groups excluding carboxylic acids is 1. The van der Waals surface area contributed by atoms with Crippen LogP contribution in [-0.2, 0) is 6.61 Å². The van der Waals surface area contributed by atoms with Crippen molar-refractivity contribution in [1.29, 1.82) is 0 Å². The Labute approximate surface area is 105 Å². The van der Waals surface area contributed by atoms with E-state index in [-0.39, 0.29) is 18.2 Å². The Hall–Kier alpha value is -1.62. The molecule has 0 radical (unpaired) electrons. The number of hydrogen-bond acceptors (Lipinski definition) is 3. The van der Waals surface area contributed by atoms with Crippen molar-refractivity contribution < 1.29 is 18.3 Å². The summed E-state index contributed by atoms with van der Waals surface area (Å²) in [4.78, 5) is 10.4. The van der Waals surface area contributed by atoms with Gasteiger partial charge in [-0.1, -0.05) is 15.9 Å². The van der Waals surface area contributed by atoms with E-state index in [0.29, 0.717) is 22.3 Å². The van der Waals surface area contributed by atoms with Gasteiger partial charge in [-0.15, -0.1) is 0 Å². The van der Waals surface area contributed by atoms with Crippen LogP contribution in [0, 0.1) is 5.82 Å². The van der Waals surface area contributed by atoms with Gasteiger partial charge in [0, 0.05) is 10.5 Å². The molecule has 0 aliphatic carbocycles. The molecule has 0 bridgehead atoms. The maximum absolute atomic E-state index is 13.0. The molecule has 2 rings (SSSR count). The van der Waals surface area contributed by atoms with E-state index in [9.17, 15) is 9.18 Å². The van der Waals surface area contributed by atoms with Gasteiger partial charge in [-0.05, 0) is 24.3 Å². The zero-order valence-corrected chi connectivity index (χ0v) is 10.2. The molecule has 5 heteroatoms. The van der Waals surface area contributed by atoms with Gasteiger partial charge in [-0.3, -0.25) is 4.79 Å². The molecule has 0 aliphatic rings. The minimum atomic E-state index is -0.387. The Kier molecular flexibility index (Phi) is 3.58. The fraction of sp³-hybridized carbons (Fsp3) is 0.0833. The molecule has 0 atom stereocenters. The van der Waals surface area contributed by atoms with Crippen LogP contribution in [0.5, 0.6) is 5.75 Å². The molecular formula is C12H8BrFO3. The van der Waals surface area contributed by atoms with Crippen LogP contribution in [0.25, 0.3) is 0 Å². The SMILES string of the molecule is O=Cc1ccc(COc2cc(F)cc(Br)c2)o1. The first-order valence-electron chi connectivity index (χ1n) is 4.80. The molecule has 0 saturated heterocycles. The van der Waals surface area contributed by atoms with Crippen LogP contribution in [0.15, 0.2) is 39.2 Å². The van der Waals surface area contributed by atoms with Gasteiger partial charge >= 0.3 is 0 Å². The second-order valence-corrected chi connectivity index (χ2v) is 4.23. The Bertz CT molecular complexity index is 516. The first kappa shape index (κ1) is 11.9. The monoisotopic (exact) mass is 298 g/mol. The molecule has 0 saturated carbocycles. The zero-order valence-electron chi connectivity index (χ0n) is 8.65. The standard InChI is InChI=1S/C12H8BrFO3/c13-8-3-9(14)5-12(4-8)16-7-11-2-1-10(6-15)17-11/h1-6H,7H2. The molecule has 0 N–H and O–H groups in total. The van der Waals surface area contributed by atoms with E-state index in [1.165, 1.54) is 12.1 Å². The lowest BCUT2D eigenvalue weighted by Crippen LogP contribution is -1.94. The molecule has 0 unspecified atom stereocenters. The van der Waals surface area contributed by atoms with Crippen molar-refractivity contribution in [1.82, 2.24) is 0 Å². The molecular weight excluding hydrogens is 291 g/mol. The number of furan rings is 1. The molecule has 1 heterocycles. The zero-order chi connectivity index (χ0) is 12.3. The number of hydrogen-bond donors (Lipinski definition) is 0. The molecule has 0 fully saturated rings. The average Bonchev–Trinajstić information content (AvgIpc) is 2.73. The minimum absolute atomic E-state index is 0.143. The minimum Gasteiger partial charge on any atom is -0.486 e. The molecule has 88 valence electrons. The smallest absolute Gasteiger partial charge is 0.185 e. The number of rotatable bonds is 4. The van der Waals surface area contributed by atoms with Gasteiger partial charge in [0.2, 0.25) is 0 Å². The molecule has 2 aromatic rings. The highest BCUT2D eigenvalue weighted by Crippen LogP contribution is 2.21. The highest BCUT2D eigenvalue weighted by atomic mass is 79.9. The first-order chi connectivity index (χ1) is 8.17. The molecule has 0 aliphatic heterocycles. The number of aldehydes is 1. The van der Waals surface area contributed by atoms with Crippen LogP contribution >= 0.6 is 15.9 Å². The summed E-state index contributed by atoms with van der Waals surface area (Å²) in [5, 5.41) is 0. The Morgan fingerprint density at radius 2 is 2.18 bits per heavy atom. The third-order valence-corrected chi connectivity index (χ3v) is 2.47. The van der Waals surface area contributed by atoms with Crippen molar-refractivity contribution in [2.24, 2.45) is 0 Å². The van der Waals surface area contributed by atoms with Crippen molar-refractivity contribution in [2.75, 3.05) is 0 Å². The largest absolute Gasteiger partial charge is 0.486 e. The van der Waals surface area contributed by atoms with Crippen LogP contribution in [0.4, 0.5) is 4.39 Å². The fourth-order valence-corrected chi connectivity index (χ4v) is 1.75.